The van der Waals surface area contributed by atoms with Crippen molar-refractivity contribution in [2.75, 3.05) is 0 Å². The average molecular weight is 329 g/mol. The first-order valence-corrected chi connectivity index (χ1v) is 9.35. The number of hydrogen-bond acceptors (Lipinski definition) is 2. The number of benzene rings is 1. The van der Waals surface area contributed by atoms with Crippen LogP contribution in [0.3, 0.4) is 0 Å². The van der Waals surface area contributed by atoms with E-state index in [0.29, 0.717) is 6.04 Å². The van der Waals surface area contributed by atoms with Crippen LogP contribution in [-0.4, -0.2) is 18.0 Å². The van der Waals surface area contributed by atoms with Gasteiger partial charge in [0.05, 0.1) is 4.88 Å². The lowest BCUT2D eigenvalue weighted by molar-refractivity contribution is -0.704. The van der Waals surface area contributed by atoms with Crippen LogP contribution in [0.4, 0.5) is 0 Å². The third-order valence-corrected chi connectivity index (χ3v) is 5.56. The summed E-state index contributed by atoms with van der Waals surface area (Å²) in [4.78, 5) is 13.8. The largest absolute Gasteiger partial charge is 0.348 e. The predicted octanol–water partition coefficient (Wildman–Crippen LogP) is 2.85. The van der Waals surface area contributed by atoms with Crippen molar-refractivity contribution < 1.29 is 10.1 Å². The zero-order valence-corrected chi connectivity index (χ0v) is 14.4. The van der Waals surface area contributed by atoms with Crippen LogP contribution in [0.5, 0.6) is 0 Å². The summed E-state index contributed by atoms with van der Waals surface area (Å²) in [7, 11) is 0. The van der Waals surface area contributed by atoms with Gasteiger partial charge in [-0.05, 0) is 31.2 Å². The number of nitrogens with one attached hydrogen (secondary N) is 1. The third-order valence-electron chi connectivity index (χ3n) is 4.60. The number of rotatable bonds is 6. The van der Waals surface area contributed by atoms with E-state index in [1.165, 1.54) is 23.3 Å². The standard InChI is InChI=1S/C19H24N2OS/c1-14(19(22)21-16-10-5-6-11-16)20-18(17-12-7-13-23-17)15-8-3-2-4-9-15/h2-4,7-9,12-14,16,18,20H,5-6,10-11H2,1H3,(H,21,22)/p+1/t14-,18-/m0/s1. The zero-order chi connectivity index (χ0) is 16.1. The van der Waals surface area contributed by atoms with E-state index >= 15 is 0 Å². The van der Waals surface area contributed by atoms with Crippen molar-refractivity contribution in [2.24, 2.45) is 0 Å². The fraction of sp³-hybridized carbons (Fsp3) is 0.421. The number of thiophene rings is 1. The highest BCUT2D eigenvalue weighted by Crippen LogP contribution is 2.23. The third kappa shape index (κ3) is 4.21. The second-order valence-corrected chi connectivity index (χ2v) is 7.35. The van der Waals surface area contributed by atoms with Gasteiger partial charge < -0.3 is 10.6 Å². The summed E-state index contributed by atoms with van der Waals surface area (Å²) < 4.78 is 0. The smallest absolute Gasteiger partial charge is 0.278 e. The van der Waals surface area contributed by atoms with Crippen molar-refractivity contribution in [2.45, 2.75) is 50.7 Å². The quantitative estimate of drug-likeness (QED) is 0.841. The molecule has 0 bridgehead atoms. The van der Waals surface area contributed by atoms with Crippen LogP contribution in [0.1, 0.15) is 49.1 Å². The first kappa shape index (κ1) is 16.2. The summed E-state index contributed by atoms with van der Waals surface area (Å²) in [6, 6.07) is 15.1. The van der Waals surface area contributed by atoms with Gasteiger partial charge in [-0.15, -0.1) is 11.3 Å². The molecule has 0 radical (unpaired) electrons. The minimum absolute atomic E-state index is 0.0945. The van der Waals surface area contributed by atoms with Crippen molar-refractivity contribution in [1.29, 1.82) is 0 Å². The maximum Gasteiger partial charge on any atom is 0.278 e. The van der Waals surface area contributed by atoms with Crippen LogP contribution < -0.4 is 10.6 Å². The fourth-order valence-electron chi connectivity index (χ4n) is 3.28. The number of quaternary nitrogens is 1. The van der Waals surface area contributed by atoms with Crippen LogP contribution >= 0.6 is 11.3 Å². The molecule has 23 heavy (non-hydrogen) atoms. The molecule has 1 aliphatic carbocycles. The maximum atomic E-state index is 12.5. The molecule has 1 heterocycles. The number of amides is 1. The van der Waals surface area contributed by atoms with Gasteiger partial charge in [0.25, 0.3) is 5.91 Å². The zero-order valence-electron chi connectivity index (χ0n) is 13.6. The van der Waals surface area contributed by atoms with Gasteiger partial charge in [-0.25, -0.2) is 0 Å². The van der Waals surface area contributed by atoms with Gasteiger partial charge in [0.15, 0.2) is 6.04 Å². The lowest BCUT2D eigenvalue weighted by atomic mass is 10.0. The van der Waals surface area contributed by atoms with Gasteiger partial charge in [0.1, 0.15) is 6.04 Å². The summed E-state index contributed by atoms with van der Waals surface area (Å²) in [5, 5.41) is 7.50. The van der Waals surface area contributed by atoms with Crippen molar-refractivity contribution >= 4 is 17.2 Å². The summed E-state index contributed by atoms with van der Waals surface area (Å²) in [5.41, 5.74) is 1.25. The molecule has 1 fully saturated rings. The second-order valence-electron chi connectivity index (χ2n) is 6.37. The van der Waals surface area contributed by atoms with Crippen LogP contribution in [0.25, 0.3) is 0 Å². The molecule has 0 aliphatic heterocycles. The molecule has 3 rings (SSSR count). The molecule has 1 aromatic heterocycles. The Bertz CT molecular complexity index is 606. The second kappa shape index (κ2) is 7.75. The van der Waals surface area contributed by atoms with E-state index in [-0.39, 0.29) is 18.0 Å². The van der Waals surface area contributed by atoms with Crippen molar-refractivity contribution in [3.8, 4) is 0 Å². The van der Waals surface area contributed by atoms with Crippen LogP contribution in [-0.2, 0) is 4.79 Å². The van der Waals surface area contributed by atoms with E-state index in [2.05, 4.69) is 52.4 Å². The Labute approximate surface area is 142 Å². The topological polar surface area (TPSA) is 45.7 Å². The molecule has 2 atom stereocenters. The lowest BCUT2D eigenvalue weighted by Gasteiger charge is -2.21. The number of nitrogens with two attached hydrogens (primary N) is 1. The molecule has 2 aromatic rings. The molecule has 122 valence electrons. The molecule has 3 N–H and O–H groups in total. The Balaban J connectivity index is 1.69. The van der Waals surface area contributed by atoms with Gasteiger partial charge in [-0.3, -0.25) is 4.79 Å². The van der Waals surface area contributed by atoms with Crippen LogP contribution in [0, 0.1) is 0 Å². The highest BCUT2D eigenvalue weighted by Gasteiger charge is 2.27. The van der Waals surface area contributed by atoms with Gasteiger partial charge in [0.2, 0.25) is 0 Å². The molecule has 0 saturated heterocycles. The van der Waals surface area contributed by atoms with E-state index in [4.69, 9.17) is 0 Å². The summed E-state index contributed by atoms with van der Waals surface area (Å²) in [6.07, 6.45) is 4.74. The highest BCUT2D eigenvalue weighted by atomic mass is 32.1. The lowest BCUT2D eigenvalue weighted by Crippen LogP contribution is -2.92. The van der Waals surface area contributed by atoms with E-state index in [1.54, 1.807) is 11.3 Å². The Morgan fingerprint density at radius 1 is 1.17 bits per heavy atom. The normalized spacial score (nSPS) is 17.8. The first-order valence-electron chi connectivity index (χ1n) is 8.48. The molecule has 3 nitrogen and oxygen atoms in total. The maximum absolute atomic E-state index is 12.5. The molecule has 1 aromatic carbocycles. The van der Waals surface area contributed by atoms with Gasteiger partial charge in [-0.1, -0.05) is 49.2 Å². The van der Waals surface area contributed by atoms with Gasteiger partial charge in [-0.2, -0.15) is 0 Å². The molecular weight excluding hydrogens is 304 g/mol. The molecular formula is C19H25N2OS+. The summed E-state index contributed by atoms with van der Waals surface area (Å²) >= 11 is 1.75. The molecule has 0 unspecified atom stereocenters. The molecule has 1 saturated carbocycles. The van der Waals surface area contributed by atoms with Crippen LogP contribution in [0.15, 0.2) is 47.8 Å². The number of carbonyl (C=O) groups is 1. The predicted molar refractivity (Wildman–Crippen MR) is 94.4 cm³/mol. The fourth-order valence-corrected chi connectivity index (χ4v) is 4.11. The monoisotopic (exact) mass is 329 g/mol. The minimum atomic E-state index is -0.0945. The molecule has 4 heteroatoms. The van der Waals surface area contributed by atoms with E-state index in [0.717, 1.165) is 12.8 Å². The first-order chi connectivity index (χ1) is 11.2. The van der Waals surface area contributed by atoms with Crippen molar-refractivity contribution in [3.05, 3.63) is 58.3 Å². The van der Waals surface area contributed by atoms with E-state index < -0.39 is 0 Å². The average Bonchev–Trinajstić information content (AvgIpc) is 3.26. The Morgan fingerprint density at radius 3 is 2.57 bits per heavy atom. The number of carbonyl (C=O) groups excluding carboxylic acids is 1. The molecule has 0 spiro atoms. The Morgan fingerprint density at radius 2 is 1.91 bits per heavy atom. The Hall–Kier alpha value is -1.65. The van der Waals surface area contributed by atoms with Gasteiger partial charge in [0, 0.05) is 11.6 Å². The van der Waals surface area contributed by atoms with Crippen molar-refractivity contribution in [1.82, 2.24) is 5.32 Å². The summed E-state index contributed by atoms with van der Waals surface area (Å²) in [6.45, 7) is 2.01. The van der Waals surface area contributed by atoms with E-state index in [9.17, 15) is 4.79 Å². The van der Waals surface area contributed by atoms with E-state index in [1.807, 2.05) is 13.0 Å². The van der Waals surface area contributed by atoms with Crippen LogP contribution in [0.2, 0.25) is 0 Å². The summed E-state index contributed by atoms with van der Waals surface area (Å²) in [5.74, 6) is 0.161. The molecule has 1 amide bonds. The Kier molecular flexibility index (Phi) is 5.47. The molecule has 1 aliphatic rings. The van der Waals surface area contributed by atoms with Crippen molar-refractivity contribution in [3.63, 3.8) is 0 Å². The highest BCUT2D eigenvalue weighted by molar-refractivity contribution is 7.10. The number of hydrogen-bond donors (Lipinski definition) is 2. The minimum Gasteiger partial charge on any atom is -0.348 e. The SMILES string of the molecule is C[C@H]([NH2+][C@@H](c1ccccc1)c1cccs1)C(=O)NC1CCCC1. The van der Waals surface area contributed by atoms with Gasteiger partial charge >= 0.3 is 0 Å².